The number of hydrogen-bond acceptors (Lipinski definition) is 6. The first-order valence-electron chi connectivity index (χ1n) is 9.14. The molecule has 2 atom stereocenters. The zero-order valence-corrected chi connectivity index (χ0v) is 15.8. The summed E-state index contributed by atoms with van der Waals surface area (Å²) in [6.07, 6.45) is 1.19. The van der Waals surface area contributed by atoms with Crippen molar-refractivity contribution in [3.05, 3.63) is 59.5 Å². The van der Waals surface area contributed by atoms with Gasteiger partial charge in [-0.05, 0) is 12.5 Å². The molecule has 0 radical (unpaired) electrons. The van der Waals surface area contributed by atoms with Crippen molar-refractivity contribution < 1.29 is 19.2 Å². The van der Waals surface area contributed by atoms with E-state index in [0.29, 0.717) is 18.9 Å². The molecule has 3 aromatic rings. The minimum absolute atomic E-state index is 0.178. The lowest BCUT2D eigenvalue weighted by Gasteiger charge is -2.40. The molecule has 0 aliphatic carbocycles. The summed E-state index contributed by atoms with van der Waals surface area (Å²) in [5.74, 6) is 0.240. The topological polar surface area (TPSA) is 93.6 Å². The number of aliphatic hydroxyl groups is 1. The molecule has 1 saturated heterocycles. The molecule has 1 amide bonds. The smallest absolute Gasteiger partial charge is 0.276 e. The Morgan fingerprint density at radius 2 is 2.11 bits per heavy atom. The van der Waals surface area contributed by atoms with Gasteiger partial charge in [0, 0.05) is 25.4 Å². The molecule has 3 heterocycles. The fourth-order valence-corrected chi connectivity index (χ4v) is 3.55. The largest absolute Gasteiger partial charge is 0.394 e. The first-order chi connectivity index (χ1) is 13.6. The maximum Gasteiger partial charge on any atom is 0.276 e. The number of hydrogen-bond donors (Lipinski definition) is 1. The van der Waals surface area contributed by atoms with Gasteiger partial charge in [0.1, 0.15) is 6.10 Å². The summed E-state index contributed by atoms with van der Waals surface area (Å²) in [5, 5.41) is 18.0. The van der Waals surface area contributed by atoms with Gasteiger partial charge >= 0.3 is 0 Å². The van der Waals surface area contributed by atoms with Crippen LogP contribution in [0.25, 0.3) is 11.3 Å². The molecular weight excluding hydrogens is 360 g/mol. The third kappa shape index (κ3) is 3.21. The fourth-order valence-electron chi connectivity index (χ4n) is 3.55. The number of morpholine rings is 1. The number of amides is 1. The second-order valence-corrected chi connectivity index (χ2v) is 6.79. The lowest BCUT2D eigenvalue weighted by atomic mass is 9.98. The number of aromatic nitrogens is 3. The molecule has 4 rings (SSSR count). The Kier molecular flexibility index (Phi) is 4.97. The summed E-state index contributed by atoms with van der Waals surface area (Å²) >= 11 is 0. The molecule has 2 aromatic heterocycles. The maximum absolute atomic E-state index is 13.2. The zero-order chi connectivity index (χ0) is 19.7. The van der Waals surface area contributed by atoms with Crippen LogP contribution in [0.15, 0.2) is 47.1 Å². The average molecular weight is 382 g/mol. The van der Waals surface area contributed by atoms with Gasteiger partial charge in [-0.1, -0.05) is 35.5 Å². The van der Waals surface area contributed by atoms with E-state index in [1.54, 1.807) is 21.8 Å². The number of ether oxygens (including phenoxy) is 1. The fraction of sp³-hybridized carbons (Fsp3) is 0.350. The second kappa shape index (κ2) is 7.57. The van der Waals surface area contributed by atoms with E-state index < -0.39 is 12.1 Å². The SMILES string of the molecule is Cc1c(-c2cc(C(=O)N3CCO[C@@H](CO)[C@@H]3c3ccccc3)no2)cnn1C. The van der Waals surface area contributed by atoms with E-state index in [-0.39, 0.29) is 18.2 Å². The minimum Gasteiger partial charge on any atom is -0.394 e. The molecule has 8 heteroatoms. The van der Waals surface area contributed by atoms with E-state index in [1.807, 2.05) is 44.3 Å². The standard InChI is InChI=1S/C20H22N4O4/c1-13-15(11-21-23(13)2)17-10-16(22-28-17)20(26)24-8-9-27-18(12-25)19(24)14-6-4-3-5-7-14/h3-7,10-11,18-19,25H,8-9,12H2,1-2H3/t18-,19-/m0/s1. The molecule has 0 bridgehead atoms. The van der Waals surface area contributed by atoms with Crippen LogP contribution in [0.5, 0.6) is 0 Å². The van der Waals surface area contributed by atoms with Gasteiger partial charge < -0.3 is 19.3 Å². The van der Waals surface area contributed by atoms with Crippen molar-refractivity contribution in [1.82, 2.24) is 19.8 Å². The van der Waals surface area contributed by atoms with Crippen molar-refractivity contribution in [3.8, 4) is 11.3 Å². The van der Waals surface area contributed by atoms with Crippen LogP contribution in [-0.2, 0) is 11.8 Å². The Bertz CT molecular complexity index is 966. The van der Waals surface area contributed by atoms with Gasteiger partial charge in [0.15, 0.2) is 11.5 Å². The Labute approximate surface area is 162 Å². The van der Waals surface area contributed by atoms with Crippen LogP contribution in [0.2, 0.25) is 0 Å². The highest BCUT2D eigenvalue weighted by Crippen LogP contribution is 2.31. The Hall–Kier alpha value is -2.97. The summed E-state index contributed by atoms with van der Waals surface area (Å²) in [7, 11) is 1.84. The Balaban J connectivity index is 1.65. The summed E-state index contributed by atoms with van der Waals surface area (Å²) in [5.41, 5.74) is 2.84. The van der Waals surface area contributed by atoms with Crippen LogP contribution in [-0.4, -0.2) is 56.7 Å². The van der Waals surface area contributed by atoms with Crippen LogP contribution in [0.1, 0.15) is 27.8 Å². The van der Waals surface area contributed by atoms with E-state index in [0.717, 1.165) is 16.8 Å². The molecule has 1 aliphatic rings. The van der Waals surface area contributed by atoms with Gasteiger partial charge in [-0.25, -0.2) is 0 Å². The van der Waals surface area contributed by atoms with Crippen molar-refractivity contribution in [1.29, 1.82) is 0 Å². The van der Waals surface area contributed by atoms with E-state index in [4.69, 9.17) is 9.26 Å². The Morgan fingerprint density at radius 3 is 2.79 bits per heavy atom. The molecule has 1 aliphatic heterocycles. The van der Waals surface area contributed by atoms with E-state index in [1.165, 1.54) is 0 Å². The molecule has 1 N–H and O–H groups in total. The molecule has 1 aromatic carbocycles. The predicted molar refractivity (Wildman–Crippen MR) is 100 cm³/mol. The van der Waals surface area contributed by atoms with Crippen molar-refractivity contribution in [2.45, 2.75) is 19.1 Å². The van der Waals surface area contributed by atoms with Crippen LogP contribution in [0.4, 0.5) is 0 Å². The minimum atomic E-state index is -0.493. The highest BCUT2D eigenvalue weighted by molar-refractivity contribution is 5.93. The number of rotatable bonds is 4. The van der Waals surface area contributed by atoms with Gasteiger partial charge in [-0.15, -0.1) is 0 Å². The van der Waals surface area contributed by atoms with E-state index in [2.05, 4.69) is 10.3 Å². The van der Waals surface area contributed by atoms with Crippen molar-refractivity contribution in [2.75, 3.05) is 19.8 Å². The van der Waals surface area contributed by atoms with Gasteiger partial charge in [-0.3, -0.25) is 9.48 Å². The van der Waals surface area contributed by atoms with Gasteiger partial charge in [-0.2, -0.15) is 5.10 Å². The van der Waals surface area contributed by atoms with Crippen molar-refractivity contribution in [2.24, 2.45) is 7.05 Å². The van der Waals surface area contributed by atoms with Crippen molar-refractivity contribution in [3.63, 3.8) is 0 Å². The number of carbonyl (C=O) groups excluding carboxylic acids is 1. The molecule has 1 fully saturated rings. The summed E-state index contributed by atoms with van der Waals surface area (Å²) in [4.78, 5) is 14.9. The third-order valence-corrected chi connectivity index (χ3v) is 5.16. The average Bonchev–Trinajstić information content (AvgIpc) is 3.34. The molecule has 0 unspecified atom stereocenters. The maximum atomic E-state index is 13.2. The van der Waals surface area contributed by atoms with Crippen LogP contribution in [0, 0.1) is 6.92 Å². The second-order valence-electron chi connectivity index (χ2n) is 6.79. The summed E-state index contributed by atoms with van der Waals surface area (Å²) in [6, 6.07) is 10.8. The predicted octanol–water partition coefficient (Wildman–Crippen LogP) is 1.96. The molecule has 28 heavy (non-hydrogen) atoms. The van der Waals surface area contributed by atoms with Crippen molar-refractivity contribution >= 4 is 5.91 Å². The summed E-state index contributed by atoms with van der Waals surface area (Å²) in [6.45, 7) is 2.50. The number of nitrogens with zero attached hydrogens (tertiary/aromatic N) is 4. The summed E-state index contributed by atoms with van der Waals surface area (Å²) < 4.78 is 12.9. The zero-order valence-electron chi connectivity index (χ0n) is 15.8. The van der Waals surface area contributed by atoms with Crippen LogP contribution in [0.3, 0.4) is 0 Å². The van der Waals surface area contributed by atoms with E-state index >= 15 is 0 Å². The molecule has 8 nitrogen and oxygen atoms in total. The van der Waals surface area contributed by atoms with E-state index in [9.17, 15) is 9.90 Å². The molecule has 0 spiro atoms. The van der Waals surface area contributed by atoms with Gasteiger partial charge in [0.05, 0.1) is 31.0 Å². The lowest BCUT2D eigenvalue weighted by Crippen LogP contribution is -2.49. The highest BCUT2D eigenvalue weighted by Gasteiger charge is 2.37. The molecule has 0 saturated carbocycles. The van der Waals surface area contributed by atoms with Crippen LogP contribution >= 0.6 is 0 Å². The van der Waals surface area contributed by atoms with Gasteiger partial charge in [0.25, 0.3) is 5.91 Å². The first kappa shape index (κ1) is 18.4. The number of aliphatic hydroxyl groups excluding tert-OH is 1. The van der Waals surface area contributed by atoms with Gasteiger partial charge in [0.2, 0.25) is 0 Å². The van der Waals surface area contributed by atoms with Crippen LogP contribution < -0.4 is 0 Å². The lowest BCUT2D eigenvalue weighted by molar-refractivity contribution is -0.0813. The normalized spacial score (nSPS) is 19.8. The number of carbonyl (C=O) groups is 1. The molecule has 146 valence electrons. The first-order valence-corrected chi connectivity index (χ1v) is 9.14. The third-order valence-electron chi connectivity index (χ3n) is 5.16. The number of benzene rings is 1. The number of aryl methyl sites for hydroxylation is 1. The monoisotopic (exact) mass is 382 g/mol. The molecular formula is C20H22N4O4. The Morgan fingerprint density at radius 1 is 1.32 bits per heavy atom. The quantitative estimate of drug-likeness (QED) is 0.741. The highest BCUT2D eigenvalue weighted by atomic mass is 16.5.